The maximum absolute atomic E-state index is 12.1. The third-order valence-corrected chi connectivity index (χ3v) is 2.87. The third-order valence-electron chi connectivity index (χ3n) is 2.87. The Balaban J connectivity index is 2.33. The quantitative estimate of drug-likeness (QED) is 0.720. The maximum Gasteiger partial charge on any atom is 0.390 e. The molecule has 0 aromatic rings. The van der Waals surface area contributed by atoms with Gasteiger partial charge in [0.1, 0.15) is 0 Å². The highest BCUT2D eigenvalue weighted by molar-refractivity contribution is 4.93. The lowest BCUT2D eigenvalue weighted by atomic mass is 10.0. The molecular formula is C11H21F3N2O. The van der Waals surface area contributed by atoms with Gasteiger partial charge in [-0.15, -0.1) is 0 Å². The molecule has 0 bridgehead atoms. The standard InChI is InChI=1S/C11H21F3N2O/c1-10(8-17,15-9-3-4-9)7-16(2)6-5-11(12,13)14/h9,15,17H,3-8H2,1-2H3. The molecular weight excluding hydrogens is 233 g/mol. The lowest BCUT2D eigenvalue weighted by Crippen LogP contribution is -2.54. The van der Waals surface area contributed by atoms with Crippen molar-refractivity contribution in [3.8, 4) is 0 Å². The van der Waals surface area contributed by atoms with Crippen LogP contribution in [0.1, 0.15) is 26.2 Å². The average molecular weight is 254 g/mol. The number of aliphatic hydroxyl groups excluding tert-OH is 1. The largest absolute Gasteiger partial charge is 0.394 e. The number of aliphatic hydroxyl groups is 1. The van der Waals surface area contributed by atoms with E-state index >= 15 is 0 Å². The van der Waals surface area contributed by atoms with Crippen molar-refractivity contribution in [2.24, 2.45) is 0 Å². The van der Waals surface area contributed by atoms with Gasteiger partial charge in [-0.3, -0.25) is 0 Å². The summed E-state index contributed by atoms with van der Waals surface area (Å²) in [6, 6.07) is 0.420. The van der Waals surface area contributed by atoms with E-state index < -0.39 is 18.1 Å². The number of halogens is 3. The molecule has 1 rings (SSSR count). The summed E-state index contributed by atoms with van der Waals surface area (Å²) in [5.41, 5.74) is -0.512. The molecule has 6 heteroatoms. The van der Waals surface area contributed by atoms with Crippen LogP contribution in [0, 0.1) is 0 Å². The van der Waals surface area contributed by atoms with Gasteiger partial charge in [-0.05, 0) is 26.8 Å². The third kappa shape index (κ3) is 6.24. The van der Waals surface area contributed by atoms with E-state index in [1.807, 2.05) is 6.92 Å². The Bertz CT molecular complexity index is 243. The van der Waals surface area contributed by atoms with Crippen LogP contribution in [0.4, 0.5) is 13.2 Å². The Morgan fingerprint density at radius 3 is 2.35 bits per heavy atom. The van der Waals surface area contributed by atoms with Crippen LogP contribution in [-0.4, -0.2) is 54.5 Å². The number of nitrogens with one attached hydrogen (secondary N) is 1. The molecule has 1 saturated carbocycles. The van der Waals surface area contributed by atoms with Crippen LogP contribution in [0.3, 0.4) is 0 Å². The lowest BCUT2D eigenvalue weighted by Gasteiger charge is -2.33. The molecule has 0 heterocycles. The van der Waals surface area contributed by atoms with E-state index in [1.165, 1.54) is 0 Å². The lowest BCUT2D eigenvalue weighted by molar-refractivity contribution is -0.137. The minimum Gasteiger partial charge on any atom is -0.394 e. The second kappa shape index (κ2) is 5.54. The maximum atomic E-state index is 12.1. The number of nitrogens with zero attached hydrogens (tertiary/aromatic N) is 1. The Hall–Kier alpha value is -0.330. The zero-order valence-electron chi connectivity index (χ0n) is 10.3. The number of alkyl halides is 3. The first kappa shape index (κ1) is 14.7. The predicted octanol–water partition coefficient (Wildman–Crippen LogP) is 1.37. The van der Waals surface area contributed by atoms with Crippen molar-refractivity contribution in [3.63, 3.8) is 0 Å². The molecule has 1 aliphatic rings. The van der Waals surface area contributed by atoms with E-state index in [2.05, 4.69) is 5.32 Å². The molecule has 2 N–H and O–H groups in total. The van der Waals surface area contributed by atoms with Crippen molar-refractivity contribution in [1.29, 1.82) is 0 Å². The highest BCUT2D eigenvalue weighted by atomic mass is 19.4. The Morgan fingerprint density at radius 1 is 1.35 bits per heavy atom. The zero-order valence-corrected chi connectivity index (χ0v) is 10.3. The predicted molar refractivity (Wildman–Crippen MR) is 59.8 cm³/mol. The fourth-order valence-electron chi connectivity index (χ4n) is 1.85. The van der Waals surface area contributed by atoms with Crippen molar-refractivity contribution in [2.75, 3.05) is 26.7 Å². The molecule has 0 saturated heterocycles. The molecule has 0 aromatic carbocycles. The molecule has 1 unspecified atom stereocenters. The summed E-state index contributed by atoms with van der Waals surface area (Å²) in [5.74, 6) is 0. The number of hydrogen-bond donors (Lipinski definition) is 2. The SMILES string of the molecule is CN(CCC(F)(F)F)CC(C)(CO)NC1CC1. The van der Waals surface area contributed by atoms with Crippen LogP contribution in [0.2, 0.25) is 0 Å². The molecule has 102 valence electrons. The van der Waals surface area contributed by atoms with E-state index in [1.54, 1.807) is 11.9 Å². The van der Waals surface area contributed by atoms with Crippen LogP contribution in [0.15, 0.2) is 0 Å². The van der Waals surface area contributed by atoms with Gasteiger partial charge in [-0.25, -0.2) is 0 Å². The number of likely N-dealkylation sites (N-methyl/N-ethyl adjacent to an activating group) is 1. The van der Waals surface area contributed by atoms with Crippen LogP contribution in [0.5, 0.6) is 0 Å². The molecule has 0 radical (unpaired) electrons. The Kier molecular flexibility index (Phi) is 4.80. The Labute approximate surface area is 100.0 Å². The topological polar surface area (TPSA) is 35.5 Å². The van der Waals surface area contributed by atoms with Gasteiger partial charge in [0, 0.05) is 19.1 Å². The number of rotatable bonds is 7. The van der Waals surface area contributed by atoms with E-state index in [4.69, 9.17) is 0 Å². The molecule has 17 heavy (non-hydrogen) atoms. The van der Waals surface area contributed by atoms with E-state index in [0.29, 0.717) is 12.6 Å². The molecule has 0 spiro atoms. The van der Waals surface area contributed by atoms with Crippen LogP contribution in [0.25, 0.3) is 0 Å². The van der Waals surface area contributed by atoms with Gasteiger partial charge in [0.05, 0.1) is 18.6 Å². The summed E-state index contributed by atoms with van der Waals surface area (Å²) in [6.45, 7) is 2.15. The minimum absolute atomic E-state index is 0.0363. The minimum atomic E-state index is -4.12. The fraction of sp³-hybridized carbons (Fsp3) is 1.00. The molecule has 0 aliphatic heterocycles. The Morgan fingerprint density at radius 2 is 1.94 bits per heavy atom. The highest BCUT2D eigenvalue weighted by Crippen LogP contribution is 2.23. The second-order valence-corrected chi connectivity index (χ2v) is 5.24. The summed E-state index contributed by atoms with van der Waals surface area (Å²) < 4.78 is 36.2. The summed E-state index contributed by atoms with van der Waals surface area (Å²) in [5, 5.41) is 12.6. The summed E-state index contributed by atoms with van der Waals surface area (Å²) in [7, 11) is 1.65. The zero-order chi connectivity index (χ0) is 13.1. The van der Waals surface area contributed by atoms with Crippen LogP contribution in [-0.2, 0) is 0 Å². The molecule has 1 aliphatic carbocycles. The first-order valence-electron chi connectivity index (χ1n) is 5.88. The fourth-order valence-corrected chi connectivity index (χ4v) is 1.85. The molecule has 0 aromatic heterocycles. The normalized spacial score (nSPS) is 20.6. The van der Waals surface area contributed by atoms with Gasteiger partial charge in [-0.2, -0.15) is 13.2 Å². The van der Waals surface area contributed by atoms with E-state index in [0.717, 1.165) is 12.8 Å². The van der Waals surface area contributed by atoms with Crippen LogP contribution < -0.4 is 5.32 Å². The van der Waals surface area contributed by atoms with Gasteiger partial charge < -0.3 is 15.3 Å². The molecule has 1 fully saturated rings. The summed E-state index contributed by atoms with van der Waals surface area (Å²) in [6.07, 6.45) is -2.76. The van der Waals surface area contributed by atoms with Crippen molar-refractivity contribution in [2.45, 2.75) is 43.9 Å². The van der Waals surface area contributed by atoms with Crippen LogP contribution >= 0.6 is 0 Å². The van der Waals surface area contributed by atoms with Crippen molar-refractivity contribution in [3.05, 3.63) is 0 Å². The van der Waals surface area contributed by atoms with Gasteiger partial charge >= 0.3 is 6.18 Å². The first-order chi connectivity index (χ1) is 7.74. The second-order valence-electron chi connectivity index (χ2n) is 5.24. The van der Waals surface area contributed by atoms with Crippen molar-refractivity contribution >= 4 is 0 Å². The molecule has 0 amide bonds. The number of hydrogen-bond acceptors (Lipinski definition) is 3. The van der Waals surface area contributed by atoms with Gasteiger partial charge in [-0.1, -0.05) is 0 Å². The average Bonchev–Trinajstić information content (AvgIpc) is 2.97. The smallest absolute Gasteiger partial charge is 0.390 e. The highest BCUT2D eigenvalue weighted by Gasteiger charge is 2.34. The van der Waals surface area contributed by atoms with E-state index in [-0.39, 0.29) is 13.2 Å². The first-order valence-corrected chi connectivity index (χ1v) is 5.88. The van der Waals surface area contributed by atoms with Gasteiger partial charge in [0.15, 0.2) is 0 Å². The van der Waals surface area contributed by atoms with Crippen molar-refractivity contribution < 1.29 is 18.3 Å². The molecule has 1 atom stereocenters. The van der Waals surface area contributed by atoms with Gasteiger partial charge in [0.2, 0.25) is 0 Å². The van der Waals surface area contributed by atoms with E-state index in [9.17, 15) is 18.3 Å². The molecule has 3 nitrogen and oxygen atoms in total. The summed E-state index contributed by atoms with van der Waals surface area (Å²) >= 11 is 0. The monoisotopic (exact) mass is 254 g/mol. The van der Waals surface area contributed by atoms with Gasteiger partial charge in [0.25, 0.3) is 0 Å². The van der Waals surface area contributed by atoms with Crippen molar-refractivity contribution in [1.82, 2.24) is 10.2 Å². The summed E-state index contributed by atoms with van der Waals surface area (Å²) in [4.78, 5) is 1.61.